The van der Waals surface area contributed by atoms with Crippen molar-refractivity contribution >= 4 is 16.0 Å². The van der Waals surface area contributed by atoms with Crippen molar-refractivity contribution in [1.82, 2.24) is 9.62 Å². The van der Waals surface area contributed by atoms with Gasteiger partial charge < -0.3 is 10.4 Å². The minimum atomic E-state index is -5.58. The van der Waals surface area contributed by atoms with Crippen molar-refractivity contribution in [3.63, 3.8) is 0 Å². The van der Waals surface area contributed by atoms with Gasteiger partial charge in [0.25, 0.3) is 0 Å². The predicted molar refractivity (Wildman–Crippen MR) is 46.0 cm³/mol. The van der Waals surface area contributed by atoms with Gasteiger partial charge in [-0.2, -0.15) is 17.5 Å². The van der Waals surface area contributed by atoms with Gasteiger partial charge in [0.1, 0.15) is 6.04 Å². The Labute approximate surface area is 89.1 Å². The van der Waals surface area contributed by atoms with Gasteiger partial charge in [-0.3, -0.25) is 4.79 Å². The number of nitrogens with one attached hydrogen (secondary N) is 1. The highest BCUT2D eigenvalue weighted by molar-refractivity contribution is 7.90. The zero-order chi connectivity index (χ0) is 12.6. The predicted octanol–water partition coefficient (Wildman–Crippen LogP) is -0.806. The molecule has 1 unspecified atom stereocenters. The number of nitrogens with zero attached hydrogens (tertiary/aromatic N) is 1. The molecule has 94 valence electrons. The van der Waals surface area contributed by atoms with Gasteiger partial charge in [-0.15, -0.1) is 0 Å². The Morgan fingerprint density at radius 1 is 1.44 bits per heavy atom. The molecule has 0 aromatic heterocycles. The van der Waals surface area contributed by atoms with Crippen LogP contribution >= 0.6 is 0 Å². The summed E-state index contributed by atoms with van der Waals surface area (Å²) in [6.07, 6.45) is 0. The second-order valence-corrected chi connectivity index (χ2v) is 5.00. The van der Waals surface area contributed by atoms with Crippen molar-refractivity contribution in [2.24, 2.45) is 0 Å². The molecular weight excluding hydrogens is 253 g/mol. The molecule has 1 rings (SSSR count). The van der Waals surface area contributed by atoms with E-state index in [0.717, 1.165) is 0 Å². The number of alkyl halides is 3. The fourth-order valence-electron chi connectivity index (χ4n) is 1.32. The summed E-state index contributed by atoms with van der Waals surface area (Å²) in [4.78, 5) is 10.6. The summed E-state index contributed by atoms with van der Waals surface area (Å²) in [5, 5.41) is 11.1. The monoisotopic (exact) mass is 262 g/mol. The smallest absolute Gasteiger partial charge is 0.480 e. The summed E-state index contributed by atoms with van der Waals surface area (Å²) >= 11 is 0. The van der Waals surface area contributed by atoms with Gasteiger partial charge >= 0.3 is 21.5 Å². The molecule has 0 bridgehead atoms. The topological polar surface area (TPSA) is 86.7 Å². The highest BCUT2D eigenvalue weighted by Gasteiger charge is 2.53. The molecular formula is C6H9F3N2O4S. The van der Waals surface area contributed by atoms with Gasteiger partial charge in [0, 0.05) is 19.6 Å². The number of hydrogen-bond acceptors (Lipinski definition) is 4. The van der Waals surface area contributed by atoms with Crippen molar-refractivity contribution < 1.29 is 31.5 Å². The molecule has 0 aromatic rings. The minimum absolute atomic E-state index is 0.0148. The number of carbonyl (C=O) groups is 1. The lowest BCUT2D eigenvalue weighted by Gasteiger charge is -2.32. The van der Waals surface area contributed by atoms with Crippen LogP contribution in [0.1, 0.15) is 0 Å². The standard InChI is InChI=1S/C6H9F3N2O4S/c7-6(8,9)16(14,15)11-2-1-10-3-4(11)5(12)13/h4,10H,1-3H2,(H,12,13). The normalized spacial score (nSPS) is 24.3. The lowest BCUT2D eigenvalue weighted by Crippen LogP contribution is -2.59. The first-order chi connectivity index (χ1) is 7.18. The van der Waals surface area contributed by atoms with Gasteiger partial charge in [-0.25, -0.2) is 8.42 Å². The number of carboxylic acids is 1. The summed E-state index contributed by atoms with van der Waals surface area (Å²) in [6.45, 7) is -0.872. The van der Waals surface area contributed by atoms with Crippen LogP contribution in [0.5, 0.6) is 0 Å². The van der Waals surface area contributed by atoms with Gasteiger partial charge in [-0.05, 0) is 0 Å². The van der Waals surface area contributed by atoms with Gasteiger partial charge in [0.15, 0.2) is 0 Å². The Bertz CT molecular complexity index is 380. The number of sulfonamides is 1. The summed E-state index contributed by atoms with van der Waals surface area (Å²) < 4.78 is 58.7. The summed E-state index contributed by atoms with van der Waals surface area (Å²) in [5.74, 6) is -1.61. The van der Waals surface area contributed by atoms with E-state index in [-0.39, 0.29) is 17.4 Å². The molecule has 1 heterocycles. The number of halogens is 3. The maximum atomic E-state index is 12.2. The van der Waals surface area contributed by atoms with Gasteiger partial charge in [0.2, 0.25) is 0 Å². The molecule has 0 saturated carbocycles. The molecule has 1 aliphatic heterocycles. The largest absolute Gasteiger partial charge is 0.511 e. The number of piperazine rings is 1. The van der Waals surface area contributed by atoms with Crippen LogP contribution < -0.4 is 5.32 Å². The van der Waals surface area contributed by atoms with Crippen LogP contribution in [0.25, 0.3) is 0 Å². The third kappa shape index (κ3) is 2.28. The molecule has 0 amide bonds. The molecule has 1 saturated heterocycles. The summed E-state index contributed by atoms with van der Waals surface area (Å²) in [5.41, 5.74) is -5.47. The molecule has 0 aliphatic carbocycles. The minimum Gasteiger partial charge on any atom is -0.480 e. The average Bonchev–Trinajstić information content (AvgIpc) is 2.16. The zero-order valence-corrected chi connectivity index (χ0v) is 8.68. The Balaban J connectivity index is 3.05. The Morgan fingerprint density at radius 3 is 2.44 bits per heavy atom. The van der Waals surface area contributed by atoms with E-state index in [1.807, 2.05) is 0 Å². The number of rotatable bonds is 2. The van der Waals surface area contributed by atoms with Crippen LogP contribution in [0.15, 0.2) is 0 Å². The van der Waals surface area contributed by atoms with Crippen LogP contribution in [-0.4, -0.2) is 55.0 Å². The van der Waals surface area contributed by atoms with Gasteiger partial charge in [-0.1, -0.05) is 0 Å². The first-order valence-electron chi connectivity index (χ1n) is 4.19. The molecule has 2 N–H and O–H groups in total. The van der Waals surface area contributed by atoms with Crippen LogP contribution in [0.3, 0.4) is 0 Å². The van der Waals surface area contributed by atoms with E-state index < -0.39 is 34.1 Å². The van der Waals surface area contributed by atoms with Crippen molar-refractivity contribution in [2.45, 2.75) is 11.6 Å². The van der Waals surface area contributed by atoms with Crippen LogP contribution in [0.2, 0.25) is 0 Å². The maximum absolute atomic E-state index is 12.2. The number of hydrogen-bond donors (Lipinski definition) is 2. The molecule has 1 aliphatic rings. The first kappa shape index (κ1) is 13.2. The average molecular weight is 262 g/mol. The SMILES string of the molecule is O=C(O)C1CNCCN1S(=O)(=O)C(F)(F)F. The highest BCUT2D eigenvalue weighted by Crippen LogP contribution is 2.28. The third-order valence-electron chi connectivity index (χ3n) is 2.08. The fraction of sp³-hybridized carbons (Fsp3) is 0.833. The third-order valence-corrected chi connectivity index (χ3v) is 3.72. The van der Waals surface area contributed by atoms with Crippen molar-refractivity contribution in [3.05, 3.63) is 0 Å². The van der Waals surface area contributed by atoms with E-state index in [1.54, 1.807) is 0 Å². The summed E-state index contributed by atoms with van der Waals surface area (Å²) in [6, 6.07) is -1.72. The van der Waals surface area contributed by atoms with E-state index in [1.165, 1.54) is 0 Å². The van der Waals surface area contributed by atoms with E-state index in [9.17, 15) is 26.4 Å². The Morgan fingerprint density at radius 2 is 2.00 bits per heavy atom. The summed E-state index contributed by atoms with van der Waals surface area (Å²) in [7, 11) is -5.58. The fourth-order valence-corrected chi connectivity index (χ4v) is 2.41. The van der Waals surface area contributed by atoms with Crippen LogP contribution in [-0.2, 0) is 14.8 Å². The van der Waals surface area contributed by atoms with Crippen molar-refractivity contribution in [1.29, 1.82) is 0 Å². The quantitative estimate of drug-likeness (QED) is 0.680. The van der Waals surface area contributed by atoms with E-state index in [0.29, 0.717) is 0 Å². The van der Waals surface area contributed by atoms with Crippen LogP contribution in [0, 0.1) is 0 Å². The molecule has 1 fully saturated rings. The van der Waals surface area contributed by atoms with Crippen LogP contribution in [0.4, 0.5) is 13.2 Å². The van der Waals surface area contributed by atoms with Gasteiger partial charge in [0.05, 0.1) is 0 Å². The van der Waals surface area contributed by atoms with E-state index in [4.69, 9.17) is 5.11 Å². The molecule has 10 heteroatoms. The maximum Gasteiger partial charge on any atom is 0.511 e. The molecule has 0 spiro atoms. The van der Waals surface area contributed by atoms with Crippen molar-refractivity contribution in [2.75, 3.05) is 19.6 Å². The number of carboxylic acid groups (broad SMARTS) is 1. The first-order valence-corrected chi connectivity index (χ1v) is 5.63. The second-order valence-electron chi connectivity index (χ2n) is 3.12. The van der Waals surface area contributed by atoms with Crippen molar-refractivity contribution in [3.8, 4) is 0 Å². The zero-order valence-electron chi connectivity index (χ0n) is 7.86. The van der Waals surface area contributed by atoms with E-state index in [2.05, 4.69) is 5.32 Å². The highest BCUT2D eigenvalue weighted by atomic mass is 32.2. The molecule has 16 heavy (non-hydrogen) atoms. The number of aliphatic carboxylic acids is 1. The molecule has 0 aromatic carbocycles. The lowest BCUT2D eigenvalue weighted by molar-refractivity contribution is -0.142. The Kier molecular flexibility index (Phi) is 3.45. The Hall–Kier alpha value is -0.870. The molecule has 1 atom stereocenters. The van der Waals surface area contributed by atoms with E-state index >= 15 is 0 Å². The second kappa shape index (κ2) is 4.18. The molecule has 6 nitrogen and oxygen atoms in total. The lowest BCUT2D eigenvalue weighted by atomic mass is 10.2. The molecule has 0 radical (unpaired) electrons.